The minimum atomic E-state index is 0.324. The number of aromatic nitrogens is 2. The van der Waals surface area contributed by atoms with E-state index in [4.69, 9.17) is 22.2 Å². The smallest absolute Gasteiger partial charge is 0.145 e. The molecule has 0 bridgehead atoms. The van der Waals surface area contributed by atoms with Gasteiger partial charge in [0.1, 0.15) is 16.8 Å². The van der Waals surface area contributed by atoms with Gasteiger partial charge in [0.05, 0.1) is 0 Å². The van der Waals surface area contributed by atoms with Crippen LogP contribution in [-0.2, 0) is 4.74 Å². The summed E-state index contributed by atoms with van der Waals surface area (Å²) in [6, 6.07) is 1.60. The van der Waals surface area contributed by atoms with Gasteiger partial charge >= 0.3 is 0 Å². The second-order valence-electron chi connectivity index (χ2n) is 3.47. The van der Waals surface area contributed by atoms with E-state index >= 15 is 0 Å². The van der Waals surface area contributed by atoms with E-state index in [0.717, 1.165) is 31.9 Å². The monoisotopic (exact) mass is 228 g/mol. The summed E-state index contributed by atoms with van der Waals surface area (Å²) in [4.78, 5) is 8.50. The molecule has 82 valence electrons. The van der Waals surface area contributed by atoms with Crippen molar-refractivity contribution in [1.82, 2.24) is 9.97 Å². The molecule has 0 unspecified atom stereocenters. The van der Waals surface area contributed by atoms with Gasteiger partial charge in [0.15, 0.2) is 0 Å². The molecular formula is C9H13ClN4O. The molecule has 0 amide bonds. The highest BCUT2D eigenvalue weighted by Crippen LogP contribution is 2.25. The molecule has 1 aromatic heterocycles. The van der Waals surface area contributed by atoms with E-state index in [1.807, 2.05) is 0 Å². The second kappa shape index (κ2) is 4.74. The summed E-state index contributed by atoms with van der Waals surface area (Å²) in [5, 5.41) is 0.416. The lowest BCUT2D eigenvalue weighted by atomic mass is 9.99. The van der Waals surface area contributed by atoms with E-state index in [2.05, 4.69) is 15.4 Å². The highest BCUT2D eigenvalue weighted by Gasteiger charge is 2.19. The summed E-state index contributed by atoms with van der Waals surface area (Å²) >= 11 is 5.87. The first kappa shape index (κ1) is 10.6. The van der Waals surface area contributed by atoms with E-state index < -0.39 is 0 Å². The topological polar surface area (TPSA) is 73.1 Å². The summed E-state index contributed by atoms with van der Waals surface area (Å²) in [7, 11) is 0. The van der Waals surface area contributed by atoms with Gasteiger partial charge in [0, 0.05) is 25.2 Å². The molecule has 15 heavy (non-hydrogen) atoms. The highest BCUT2D eigenvalue weighted by atomic mass is 35.5. The third kappa shape index (κ3) is 2.56. The third-order valence-corrected chi connectivity index (χ3v) is 2.64. The molecule has 0 saturated carbocycles. The van der Waals surface area contributed by atoms with Gasteiger partial charge in [-0.3, -0.25) is 0 Å². The fraction of sp³-hybridized carbons (Fsp3) is 0.556. The van der Waals surface area contributed by atoms with Gasteiger partial charge in [0.25, 0.3) is 0 Å². The van der Waals surface area contributed by atoms with Crippen molar-refractivity contribution < 1.29 is 4.74 Å². The number of nitrogens with zero attached hydrogens (tertiary/aromatic N) is 2. The lowest BCUT2D eigenvalue weighted by molar-refractivity contribution is 0.0836. The maximum Gasteiger partial charge on any atom is 0.145 e. The molecular weight excluding hydrogens is 216 g/mol. The van der Waals surface area contributed by atoms with Crippen molar-refractivity contribution in [2.45, 2.75) is 18.8 Å². The Morgan fingerprint density at radius 2 is 2.13 bits per heavy atom. The van der Waals surface area contributed by atoms with Crippen molar-refractivity contribution in [2.75, 3.05) is 18.6 Å². The molecule has 1 aromatic rings. The van der Waals surface area contributed by atoms with E-state index in [-0.39, 0.29) is 0 Å². The van der Waals surface area contributed by atoms with Gasteiger partial charge < -0.3 is 10.2 Å². The lowest BCUT2D eigenvalue weighted by Gasteiger charge is -2.21. The Morgan fingerprint density at radius 1 is 1.40 bits per heavy atom. The number of hydrogen-bond acceptors (Lipinski definition) is 5. The average molecular weight is 229 g/mol. The number of anilines is 1. The van der Waals surface area contributed by atoms with E-state index in [1.54, 1.807) is 6.07 Å². The lowest BCUT2D eigenvalue weighted by Crippen LogP contribution is -2.18. The average Bonchev–Trinajstić information content (AvgIpc) is 2.29. The predicted molar refractivity (Wildman–Crippen MR) is 57.6 cm³/mol. The number of ether oxygens (including phenoxy) is 1. The molecule has 2 rings (SSSR count). The molecule has 0 aromatic carbocycles. The summed E-state index contributed by atoms with van der Waals surface area (Å²) in [6.45, 7) is 1.51. The summed E-state index contributed by atoms with van der Waals surface area (Å²) in [5.41, 5.74) is 2.48. The van der Waals surface area contributed by atoms with Crippen molar-refractivity contribution in [2.24, 2.45) is 5.84 Å². The third-order valence-electron chi connectivity index (χ3n) is 2.45. The first-order chi connectivity index (χ1) is 7.29. The number of hydrogen-bond donors (Lipinski definition) is 2. The zero-order chi connectivity index (χ0) is 10.7. The van der Waals surface area contributed by atoms with Crippen LogP contribution >= 0.6 is 11.6 Å². The molecule has 3 N–H and O–H groups in total. The summed E-state index contributed by atoms with van der Waals surface area (Å²) < 4.78 is 5.28. The number of nitrogens with one attached hydrogen (secondary N) is 1. The molecule has 1 aliphatic rings. The fourth-order valence-electron chi connectivity index (χ4n) is 1.65. The Morgan fingerprint density at radius 3 is 2.80 bits per heavy atom. The van der Waals surface area contributed by atoms with Gasteiger partial charge in [-0.05, 0) is 12.8 Å². The van der Waals surface area contributed by atoms with Crippen LogP contribution < -0.4 is 11.3 Å². The van der Waals surface area contributed by atoms with Crippen LogP contribution in [0.1, 0.15) is 24.6 Å². The molecule has 1 aliphatic heterocycles. The normalized spacial score (nSPS) is 17.7. The van der Waals surface area contributed by atoms with Gasteiger partial charge in [-0.15, -0.1) is 0 Å². The molecule has 0 radical (unpaired) electrons. The van der Waals surface area contributed by atoms with Crippen LogP contribution in [0.25, 0.3) is 0 Å². The number of nitrogen functional groups attached to an aromatic ring is 1. The van der Waals surface area contributed by atoms with Gasteiger partial charge in [-0.1, -0.05) is 11.6 Å². The van der Waals surface area contributed by atoms with Crippen LogP contribution in [0.5, 0.6) is 0 Å². The van der Waals surface area contributed by atoms with E-state index in [1.165, 1.54) is 0 Å². The summed E-state index contributed by atoms with van der Waals surface area (Å²) in [6.07, 6.45) is 1.87. The first-order valence-corrected chi connectivity index (χ1v) is 5.26. The van der Waals surface area contributed by atoms with Crippen LogP contribution in [0.15, 0.2) is 6.07 Å². The van der Waals surface area contributed by atoms with Crippen LogP contribution in [0.2, 0.25) is 5.15 Å². The van der Waals surface area contributed by atoms with Crippen molar-refractivity contribution in [1.29, 1.82) is 0 Å². The largest absolute Gasteiger partial charge is 0.381 e. The van der Waals surface area contributed by atoms with Gasteiger partial charge in [-0.25, -0.2) is 15.8 Å². The molecule has 1 fully saturated rings. The van der Waals surface area contributed by atoms with Crippen LogP contribution in [0.4, 0.5) is 5.82 Å². The molecule has 0 atom stereocenters. The maximum absolute atomic E-state index is 5.87. The van der Waals surface area contributed by atoms with Gasteiger partial charge in [0.2, 0.25) is 0 Å². The van der Waals surface area contributed by atoms with E-state index in [9.17, 15) is 0 Å². The fourth-order valence-corrected chi connectivity index (χ4v) is 1.84. The number of hydrazine groups is 1. The molecule has 0 aliphatic carbocycles. The van der Waals surface area contributed by atoms with Crippen LogP contribution in [-0.4, -0.2) is 23.2 Å². The zero-order valence-corrected chi connectivity index (χ0v) is 9.00. The van der Waals surface area contributed by atoms with Crippen molar-refractivity contribution in [3.8, 4) is 0 Å². The minimum Gasteiger partial charge on any atom is -0.381 e. The molecule has 5 nitrogen and oxygen atoms in total. The number of nitrogens with two attached hydrogens (primary N) is 1. The highest BCUT2D eigenvalue weighted by molar-refractivity contribution is 6.29. The second-order valence-corrected chi connectivity index (χ2v) is 3.85. The Hall–Kier alpha value is -0.910. The Bertz CT molecular complexity index is 341. The number of halogens is 1. The Kier molecular flexibility index (Phi) is 3.35. The van der Waals surface area contributed by atoms with E-state index in [0.29, 0.717) is 16.9 Å². The van der Waals surface area contributed by atoms with Crippen molar-refractivity contribution in [3.05, 3.63) is 17.0 Å². The van der Waals surface area contributed by atoms with Gasteiger partial charge in [-0.2, -0.15) is 0 Å². The Labute approximate surface area is 93.0 Å². The van der Waals surface area contributed by atoms with Crippen LogP contribution in [0.3, 0.4) is 0 Å². The van der Waals surface area contributed by atoms with Crippen molar-refractivity contribution >= 4 is 17.4 Å². The van der Waals surface area contributed by atoms with Crippen LogP contribution in [0, 0.1) is 0 Å². The standard InChI is InChI=1S/C9H13ClN4O/c10-7-5-8(14-11)13-9(12-7)6-1-3-15-4-2-6/h5-6H,1-4,11H2,(H,12,13,14). The Balaban J connectivity index is 2.22. The SMILES string of the molecule is NNc1cc(Cl)nc(C2CCOCC2)n1. The quantitative estimate of drug-likeness (QED) is 0.454. The summed E-state index contributed by atoms with van der Waals surface area (Å²) in [5.74, 6) is 6.92. The molecule has 0 spiro atoms. The first-order valence-electron chi connectivity index (χ1n) is 4.88. The predicted octanol–water partition coefficient (Wildman–Crippen LogP) is 1.31. The molecule has 2 heterocycles. The number of rotatable bonds is 2. The maximum atomic E-state index is 5.87. The molecule has 6 heteroatoms. The minimum absolute atomic E-state index is 0.324. The van der Waals surface area contributed by atoms with Crippen molar-refractivity contribution in [3.63, 3.8) is 0 Å². The zero-order valence-electron chi connectivity index (χ0n) is 8.24. The molecule has 1 saturated heterocycles.